The molecule has 1 saturated heterocycles. The summed E-state index contributed by atoms with van der Waals surface area (Å²) in [5, 5.41) is 3.97. The Kier molecular flexibility index (Phi) is 8.22. The molecule has 1 amide bonds. The molecule has 1 atom stereocenters. The number of aryl methyl sites for hydroxylation is 1. The maximum atomic E-state index is 12.8. The Morgan fingerprint density at radius 2 is 2.03 bits per heavy atom. The fourth-order valence-electron chi connectivity index (χ4n) is 3.49. The van der Waals surface area contributed by atoms with E-state index in [0.29, 0.717) is 53.9 Å². The molecule has 0 unspecified atom stereocenters. The normalized spacial score (nSPS) is 17.3. The largest absolute Gasteiger partial charge is 0.492 e. The molecule has 2 aromatic carbocycles. The van der Waals surface area contributed by atoms with Gasteiger partial charge < -0.3 is 10.1 Å². The van der Waals surface area contributed by atoms with Crippen LogP contribution >= 0.6 is 23.2 Å². The van der Waals surface area contributed by atoms with E-state index in [1.807, 2.05) is 19.1 Å². The van der Waals surface area contributed by atoms with Crippen LogP contribution in [0.3, 0.4) is 0 Å². The van der Waals surface area contributed by atoms with Crippen molar-refractivity contribution in [1.29, 1.82) is 0 Å². The molecule has 0 bridgehead atoms. The maximum Gasteiger partial charge on any atom is 0.224 e. The molecular formula is C22H26Cl2N2O4S. The molecule has 0 aromatic heterocycles. The fraction of sp³-hybridized carbons (Fsp3) is 0.409. The van der Waals surface area contributed by atoms with Gasteiger partial charge in [0.05, 0.1) is 18.2 Å². The first-order valence-electron chi connectivity index (χ1n) is 10.1. The quantitative estimate of drug-likeness (QED) is 0.573. The molecule has 0 spiro atoms. The van der Waals surface area contributed by atoms with Gasteiger partial charge >= 0.3 is 0 Å². The lowest BCUT2D eigenvalue weighted by atomic mass is 9.99. The number of nitrogens with zero attached hydrogens (tertiary/aromatic N) is 1. The van der Waals surface area contributed by atoms with Gasteiger partial charge in [-0.05, 0) is 55.2 Å². The summed E-state index contributed by atoms with van der Waals surface area (Å²) < 4.78 is 32.7. The van der Waals surface area contributed by atoms with E-state index in [1.165, 1.54) is 4.31 Å². The average molecular weight is 485 g/mol. The molecule has 31 heavy (non-hydrogen) atoms. The number of hydrogen-bond donors (Lipinski definition) is 1. The van der Waals surface area contributed by atoms with Gasteiger partial charge in [-0.25, -0.2) is 12.7 Å². The zero-order valence-electron chi connectivity index (χ0n) is 17.3. The number of carbonyl (C=O) groups is 1. The van der Waals surface area contributed by atoms with E-state index in [0.717, 1.165) is 5.56 Å². The van der Waals surface area contributed by atoms with Crippen LogP contribution in [0.5, 0.6) is 5.75 Å². The van der Waals surface area contributed by atoms with E-state index in [9.17, 15) is 13.2 Å². The zero-order valence-corrected chi connectivity index (χ0v) is 19.6. The lowest BCUT2D eigenvalue weighted by molar-refractivity contribution is -0.126. The highest BCUT2D eigenvalue weighted by atomic mass is 35.5. The highest BCUT2D eigenvalue weighted by Gasteiger charge is 2.32. The summed E-state index contributed by atoms with van der Waals surface area (Å²) >= 11 is 12.0. The van der Waals surface area contributed by atoms with E-state index in [2.05, 4.69) is 5.32 Å². The number of nitrogens with one attached hydrogen (secondary N) is 1. The van der Waals surface area contributed by atoms with Gasteiger partial charge in [0.1, 0.15) is 12.4 Å². The summed E-state index contributed by atoms with van der Waals surface area (Å²) in [6.07, 6.45) is 1.30. The van der Waals surface area contributed by atoms with Crippen LogP contribution in [0.2, 0.25) is 10.0 Å². The van der Waals surface area contributed by atoms with Crippen LogP contribution in [-0.4, -0.2) is 44.9 Å². The van der Waals surface area contributed by atoms with Gasteiger partial charge in [0.2, 0.25) is 15.9 Å². The lowest BCUT2D eigenvalue weighted by Gasteiger charge is -2.31. The van der Waals surface area contributed by atoms with Crippen LogP contribution in [0, 0.1) is 12.8 Å². The molecule has 1 aliphatic heterocycles. The van der Waals surface area contributed by atoms with Crippen molar-refractivity contribution < 1.29 is 17.9 Å². The number of benzene rings is 2. The summed E-state index contributed by atoms with van der Waals surface area (Å²) in [6.45, 7) is 3.15. The summed E-state index contributed by atoms with van der Waals surface area (Å²) in [6, 6.07) is 12.3. The number of hydrogen-bond acceptors (Lipinski definition) is 4. The molecule has 1 aliphatic rings. The predicted octanol–water partition coefficient (Wildman–Crippen LogP) is 4.04. The molecule has 0 radical (unpaired) electrons. The molecule has 1 heterocycles. The zero-order chi connectivity index (χ0) is 22.4. The third kappa shape index (κ3) is 6.84. The van der Waals surface area contributed by atoms with Gasteiger partial charge in [0, 0.05) is 23.1 Å². The maximum absolute atomic E-state index is 12.8. The van der Waals surface area contributed by atoms with E-state index < -0.39 is 10.0 Å². The molecule has 1 N–H and O–H groups in total. The molecule has 1 fully saturated rings. The number of sulfonamides is 1. The molecule has 9 heteroatoms. The molecule has 2 aromatic rings. The Balaban J connectivity index is 1.48. The van der Waals surface area contributed by atoms with Crippen molar-refractivity contribution in [2.75, 3.05) is 26.2 Å². The van der Waals surface area contributed by atoms with Gasteiger partial charge in [-0.3, -0.25) is 4.79 Å². The number of carbonyl (C=O) groups excluding carboxylic acids is 1. The minimum absolute atomic E-state index is 0.130. The molecule has 6 nitrogen and oxygen atoms in total. The summed E-state index contributed by atoms with van der Waals surface area (Å²) in [7, 11) is -3.53. The number of piperidine rings is 1. The SMILES string of the molecule is Cc1ccc(OCCNC(=O)[C@H]2CCCN(S(=O)(=O)Cc3cccc(Cl)c3)C2)cc1Cl. The highest BCUT2D eigenvalue weighted by Crippen LogP contribution is 2.23. The topological polar surface area (TPSA) is 75.7 Å². The number of amides is 1. The van der Waals surface area contributed by atoms with Crippen molar-refractivity contribution in [3.05, 3.63) is 63.6 Å². The van der Waals surface area contributed by atoms with Gasteiger partial charge in [-0.1, -0.05) is 41.4 Å². The van der Waals surface area contributed by atoms with Crippen molar-refractivity contribution in [3.63, 3.8) is 0 Å². The Hall–Kier alpha value is -1.80. The van der Waals surface area contributed by atoms with Crippen LogP contribution in [0.15, 0.2) is 42.5 Å². The molecule has 168 valence electrons. The van der Waals surface area contributed by atoms with Gasteiger partial charge in [-0.15, -0.1) is 0 Å². The monoisotopic (exact) mass is 484 g/mol. The van der Waals surface area contributed by atoms with Gasteiger partial charge in [-0.2, -0.15) is 0 Å². The van der Waals surface area contributed by atoms with E-state index in [4.69, 9.17) is 27.9 Å². The lowest BCUT2D eigenvalue weighted by Crippen LogP contribution is -2.46. The van der Waals surface area contributed by atoms with Gasteiger partial charge in [0.15, 0.2) is 0 Å². The second-order valence-electron chi connectivity index (χ2n) is 7.63. The number of rotatable bonds is 8. The summed E-state index contributed by atoms with van der Waals surface area (Å²) in [5.74, 6) is -0.0276. The second-order valence-corrected chi connectivity index (χ2v) is 10.4. The second kappa shape index (κ2) is 10.7. The van der Waals surface area contributed by atoms with Crippen LogP contribution in [0.4, 0.5) is 0 Å². The number of ether oxygens (including phenoxy) is 1. The molecular weight excluding hydrogens is 459 g/mol. The standard InChI is InChI=1S/C22H26Cl2N2O4S/c1-16-7-8-20(13-21(16)24)30-11-9-25-22(27)18-5-3-10-26(14-18)31(28,29)15-17-4-2-6-19(23)12-17/h2,4,6-8,12-13,18H,3,5,9-11,14-15H2,1H3,(H,25,27)/t18-/m0/s1. The minimum atomic E-state index is -3.53. The van der Waals surface area contributed by atoms with E-state index in [-0.39, 0.29) is 24.1 Å². The molecule has 0 saturated carbocycles. The number of halogens is 2. The third-order valence-electron chi connectivity index (χ3n) is 5.20. The summed E-state index contributed by atoms with van der Waals surface area (Å²) in [4.78, 5) is 12.6. The Bertz CT molecular complexity index is 1030. The third-order valence-corrected chi connectivity index (χ3v) is 7.66. The van der Waals surface area contributed by atoms with Crippen LogP contribution < -0.4 is 10.1 Å². The van der Waals surface area contributed by atoms with Crippen molar-refractivity contribution in [3.8, 4) is 5.75 Å². The predicted molar refractivity (Wildman–Crippen MR) is 123 cm³/mol. The summed E-state index contributed by atoms with van der Waals surface area (Å²) in [5.41, 5.74) is 1.60. The van der Waals surface area contributed by atoms with Crippen LogP contribution in [0.1, 0.15) is 24.0 Å². The average Bonchev–Trinajstić information content (AvgIpc) is 2.73. The van der Waals surface area contributed by atoms with Crippen molar-refractivity contribution in [1.82, 2.24) is 9.62 Å². The minimum Gasteiger partial charge on any atom is -0.492 e. The van der Waals surface area contributed by atoms with Crippen LogP contribution in [-0.2, 0) is 20.6 Å². The Morgan fingerprint density at radius 1 is 1.23 bits per heavy atom. The Labute approximate surface area is 193 Å². The first-order valence-corrected chi connectivity index (χ1v) is 12.5. The van der Waals surface area contributed by atoms with E-state index in [1.54, 1.807) is 30.3 Å². The first kappa shape index (κ1) is 23.9. The van der Waals surface area contributed by atoms with Crippen molar-refractivity contribution in [2.45, 2.75) is 25.5 Å². The highest BCUT2D eigenvalue weighted by molar-refractivity contribution is 7.88. The van der Waals surface area contributed by atoms with Crippen molar-refractivity contribution >= 4 is 39.1 Å². The molecule has 0 aliphatic carbocycles. The van der Waals surface area contributed by atoms with E-state index >= 15 is 0 Å². The fourth-order valence-corrected chi connectivity index (χ4v) is 5.47. The molecule has 3 rings (SSSR count). The smallest absolute Gasteiger partial charge is 0.224 e. The first-order chi connectivity index (χ1) is 14.7. The van der Waals surface area contributed by atoms with Crippen molar-refractivity contribution in [2.24, 2.45) is 5.92 Å². The van der Waals surface area contributed by atoms with Gasteiger partial charge in [0.25, 0.3) is 0 Å². The Morgan fingerprint density at radius 3 is 2.77 bits per heavy atom. The van der Waals surface area contributed by atoms with Crippen LogP contribution in [0.25, 0.3) is 0 Å².